The molecule has 1 aliphatic rings. The van der Waals surface area contributed by atoms with E-state index >= 15 is 0 Å². The van der Waals surface area contributed by atoms with E-state index in [0.717, 1.165) is 31.3 Å². The van der Waals surface area contributed by atoms with Crippen molar-refractivity contribution in [2.24, 2.45) is 0 Å². The third-order valence-corrected chi connectivity index (χ3v) is 4.73. The molecule has 19 heavy (non-hydrogen) atoms. The van der Waals surface area contributed by atoms with Gasteiger partial charge < -0.3 is 5.32 Å². The summed E-state index contributed by atoms with van der Waals surface area (Å²) in [6.07, 6.45) is 1.13. The Labute approximate surface area is 122 Å². The van der Waals surface area contributed by atoms with Gasteiger partial charge in [-0.15, -0.1) is 0 Å². The molecule has 1 fully saturated rings. The number of benzene rings is 1. The van der Waals surface area contributed by atoms with Crippen molar-refractivity contribution in [3.05, 3.63) is 35.4 Å². The molecule has 0 bridgehead atoms. The van der Waals surface area contributed by atoms with Crippen molar-refractivity contribution in [3.8, 4) is 0 Å². The van der Waals surface area contributed by atoms with Gasteiger partial charge in [0.05, 0.1) is 0 Å². The second kappa shape index (κ2) is 7.93. The Balaban J connectivity index is 1.81. The van der Waals surface area contributed by atoms with Crippen molar-refractivity contribution in [3.63, 3.8) is 0 Å². The Morgan fingerprint density at radius 3 is 2.68 bits per heavy atom. The van der Waals surface area contributed by atoms with E-state index in [1.807, 2.05) is 0 Å². The lowest BCUT2D eigenvalue weighted by Gasteiger charge is -2.30. The molecule has 0 amide bonds. The summed E-state index contributed by atoms with van der Waals surface area (Å²) < 4.78 is 0. The molecule has 0 aliphatic carbocycles. The summed E-state index contributed by atoms with van der Waals surface area (Å²) in [5.74, 6) is 1.28. The van der Waals surface area contributed by atoms with Gasteiger partial charge in [-0.05, 0) is 30.6 Å². The zero-order valence-electron chi connectivity index (χ0n) is 12.2. The Kier molecular flexibility index (Phi) is 6.21. The van der Waals surface area contributed by atoms with Crippen LogP contribution in [-0.2, 0) is 13.0 Å². The van der Waals surface area contributed by atoms with Gasteiger partial charge in [-0.3, -0.25) is 4.90 Å². The van der Waals surface area contributed by atoms with Crippen molar-refractivity contribution in [2.75, 3.05) is 31.9 Å². The van der Waals surface area contributed by atoms with E-state index in [4.69, 9.17) is 0 Å². The standard InChI is InChI=1S/C16H26N2S/c1-3-17-9-8-15-4-6-16(7-5-15)13-18-10-11-19-14(2)12-18/h4-7,14,17H,3,8-13H2,1-2H3. The first kappa shape index (κ1) is 14.9. The smallest absolute Gasteiger partial charge is 0.0234 e. The number of likely N-dealkylation sites (N-methyl/N-ethyl adjacent to an activating group) is 1. The van der Waals surface area contributed by atoms with Crippen molar-refractivity contribution >= 4 is 11.8 Å². The largest absolute Gasteiger partial charge is 0.317 e. The highest BCUT2D eigenvalue weighted by Crippen LogP contribution is 2.19. The Morgan fingerprint density at radius 2 is 2.00 bits per heavy atom. The van der Waals surface area contributed by atoms with Gasteiger partial charge in [-0.2, -0.15) is 11.8 Å². The van der Waals surface area contributed by atoms with Crippen LogP contribution >= 0.6 is 11.8 Å². The summed E-state index contributed by atoms with van der Waals surface area (Å²) in [7, 11) is 0. The molecule has 1 N–H and O–H groups in total. The molecule has 1 unspecified atom stereocenters. The minimum atomic E-state index is 0.785. The fourth-order valence-corrected chi connectivity index (χ4v) is 3.60. The van der Waals surface area contributed by atoms with Gasteiger partial charge >= 0.3 is 0 Å². The van der Waals surface area contributed by atoms with Crippen LogP contribution in [-0.4, -0.2) is 42.1 Å². The summed E-state index contributed by atoms with van der Waals surface area (Å²) in [4.78, 5) is 2.58. The van der Waals surface area contributed by atoms with E-state index < -0.39 is 0 Å². The van der Waals surface area contributed by atoms with Crippen LogP contribution in [0.15, 0.2) is 24.3 Å². The summed E-state index contributed by atoms with van der Waals surface area (Å²) >= 11 is 2.10. The predicted molar refractivity (Wildman–Crippen MR) is 85.9 cm³/mol. The molecule has 2 rings (SSSR count). The third kappa shape index (κ3) is 5.17. The predicted octanol–water partition coefficient (Wildman–Crippen LogP) is 2.78. The molecule has 1 heterocycles. The highest BCUT2D eigenvalue weighted by atomic mass is 32.2. The van der Waals surface area contributed by atoms with E-state index in [2.05, 4.69) is 60.1 Å². The quantitative estimate of drug-likeness (QED) is 0.806. The summed E-state index contributed by atoms with van der Waals surface area (Å²) in [6.45, 7) is 10.2. The Bertz CT molecular complexity index is 364. The molecular weight excluding hydrogens is 252 g/mol. The normalized spacial score (nSPS) is 20.6. The average molecular weight is 278 g/mol. The number of hydrogen-bond acceptors (Lipinski definition) is 3. The Morgan fingerprint density at radius 1 is 1.26 bits per heavy atom. The van der Waals surface area contributed by atoms with E-state index in [0.29, 0.717) is 0 Å². The van der Waals surface area contributed by atoms with E-state index in [1.165, 1.54) is 30.0 Å². The van der Waals surface area contributed by atoms with E-state index in [1.54, 1.807) is 0 Å². The molecule has 1 aromatic carbocycles. The van der Waals surface area contributed by atoms with Crippen molar-refractivity contribution in [1.29, 1.82) is 0 Å². The number of nitrogens with zero attached hydrogens (tertiary/aromatic N) is 1. The first-order valence-electron chi connectivity index (χ1n) is 7.40. The molecule has 0 saturated carbocycles. The van der Waals surface area contributed by atoms with E-state index in [-0.39, 0.29) is 0 Å². The van der Waals surface area contributed by atoms with Gasteiger partial charge in [-0.25, -0.2) is 0 Å². The van der Waals surface area contributed by atoms with Gasteiger partial charge in [-0.1, -0.05) is 38.1 Å². The first-order chi connectivity index (χ1) is 9.28. The van der Waals surface area contributed by atoms with Crippen molar-refractivity contribution in [2.45, 2.75) is 32.1 Å². The lowest BCUT2D eigenvalue weighted by atomic mass is 10.1. The SMILES string of the molecule is CCNCCc1ccc(CN2CCSC(C)C2)cc1. The molecule has 106 valence electrons. The molecular formula is C16H26N2S. The van der Waals surface area contributed by atoms with Crippen LogP contribution in [0, 0.1) is 0 Å². The van der Waals surface area contributed by atoms with Gasteiger partial charge in [0.15, 0.2) is 0 Å². The van der Waals surface area contributed by atoms with Crippen LogP contribution in [0.4, 0.5) is 0 Å². The maximum Gasteiger partial charge on any atom is 0.0234 e. The van der Waals surface area contributed by atoms with Crippen molar-refractivity contribution < 1.29 is 0 Å². The second-order valence-electron chi connectivity index (χ2n) is 5.34. The zero-order valence-corrected chi connectivity index (χ0v) is 13.0. The van der Waals surface area contributed by atoms with Crippen molar-refractivity contribution in [1.82, 2.24) is 10.2 Å². The molecule has 1 atom stereocenters. The first-order valence-corrected chi connectivity index (χ1v) is 8.45. The molecule has 1 aliphatic heterocycles. The molecule has 0 spiro atoms. The van der Waals surface area contributed by atoms with Crippen LogP contribution in [0.5, 0.6) is 0 Å². The van der Waals surface area contributed by atoms with Gasteiger partial charge in [0.2, 0.25) is 0 Å². The lowest BCUT2D eigenvalue weighted by molar-refractivity contribution is 0.278. The average Bonchev–Trinajstić information content (AvgIpc) is 2.41. The topological polar surface area (TPSA) is 15.3 Å². The molecule has 2 nitrogen and oxygen atoms in total. The molecule has 1 aromatic rings. The van der Waals surface area contributed by atoms with Gasteiger partial charge in [0, 0.05) is 30.6 Å². The van der Waals surface area contributed by atoms with Crippen LogP contribution < -0.4 is 5.32 Å². The minimum absolute atomic E-state index is 0.785. The molecule has 1 saturated heterocycles. The zero-order chi connectivity index (χ0) is 13.5. The highest BCUT2D eigenvalue weighted by molar-refractivity contribution is 7.99. The maximum absolute atomic E-state index is 3.37. The third-order valence-electron chi connectivity index (χ3n) is 3.59. The fraction of sp³-hybridized carbons (Fsp3) is 0.625. The Hall–Kier alpha value is -0.510. The number of hydrogen-bond donors (Lipinski definition) is 1. The molecule has 3 heteroatoms. The molecule has 0 aromatic heterocycles. The minimum Gasteiger partial charge on any atom is -0.317 e. The number of thioether (sulfide) groups is 1. The summed E-state index contributed by atoms with van der Waals surface area (Å²) in [5, 5.41) is 4.16. The maximum atomic E-state index is 3.37. The number of rotatable bonds is 6. The van der Waals surface area contributed by atoms with Crippen LogP contribution in [0.3, 0.4) is 0 Å². The van der Waals surface area contributed by atoms with Crippen LogP contribution in [0.25, 0.3) is 0 Å². The van der Waals surface area contributed by atoms with E-state index in [9.17, 15) is 0 Å². The van der Waals surface area contributed by atoms with Gasteiger partial charge in [0.25, 0.3) is 0 Å². The fourth-order valence-electron chi connectivity index (χ4n) is 2.51. The van der Waals surface area contributed by atoms with Crippen LogP contribution in [0.1, 0.15) is 25.0 Å². The molecule has 0 radical (unpaired) electrons. The summed E-state index contributed by atoms with van der Waals surface area (Å²) in [5.41, 5.74) is 2.89. The lowest BCUT2D eigenvalue weighted by Crippen LogP contribution is -2.35. The second-order valence-corrected chi connectivity index (χ2v) is 6.88. The number of nitrogens with one attached hydrogen (secondary N) is 1. The summed E-state index contributed by atoms with van der Waals surface area (Å²) in [6, 6.07) is 9.17. The highest BCUT2D eigenvalue weighted by Gasteiger charge is 2.16. The van der Waals surface area contributed by atoms with Crippen LogP contribution in [0.2, 0.25) is 0 Å². The van der Waals surface area contributed by atoms with Gasteiger partial charge in [0.1, 0.15) is 0 Å². The monoisotopic (exact) mass is 278 g/mol.